The zero-order valence-corrected chi connectivity index (χ0v) is 26.2. The van der Waals surface area contributed by atoms with E-state index >= 15 is 0 Å². The molecule has 3 amide bonds. The van der Waals surface area contributed by atoms with Crippen molar-refractivity contribution in [2.45, 2.75) is 36.8 Å². The minimum absolute atomic E-state index is 0.0292. The number of aromatic nitrogens is 1. The Hall–Kier alpha value is -4.81. The van der Waals surface area contributed by atoms with Crippen LogP contribution in [0.1, 0.15) is 41.9 Å². The highest BCUT2D eigenvalue weighted by Crippen LogP contribution is 2.29. The quantitative estimate of drug-likeness (QED) is 0.0883. The number of nitrogens with zero attached hydrogens (tertiary/aromatic N) is 1. The molecule has 232 valence electrons. The van der Waals surface area contributed by atoms with Crippen molar-refractivity contribution in [3.63, 3.8) is 0 Å². The first-order valence-corrected chi connectivity index (χ1v) is 15.8. The Morgan fingerprint density at radius 2 is 1.73 bits per heavy atom. The second kappa shape index (κ2) is 16.3. The molecule has 0 aliphatic heterocycles. The van der Waals surface area contributed by atoms with Crippen LogP contribution in [0.5, 0.6) is 0 Å². The molecule has 1 atom stereocenters. The number of amides is 3. The summed E-state index contributed by atoms with van der Waals surface area (Å²) >= 11 is 2.55. The van der Waals surface area contributed by atoms with Crippen molar-refractivity contribution in [3.8, 4) is 0 Å². The standard InChI is InChI=1S/C33H31FN4O5S2/c1-3-28(32(42)38-33-36-25(20-44-33)19-29(39)43-4-2)45-26-12-8-11-24(18-26)35-31(41)27(17-21-13-15-23(34)16-14-21)37-30(40)22-9-6-5-7-10-22/h5-18,20,28H,3-4,19H2,1-2H3,(H,35,41)(H,37,40)(H,36,38,42)/b27-17-. The van der Waals surface area contributed by atoms with Crippen molar-refractivity contribution in [1.82, 2.24) is 10.3 Å². The molecule has 0 aliphatic carbocycles. The van der Waals surface area contributed by atoms with Crippen LogP contribution in [-0.4, -0.2) is 40.5 Å². The van der Waals surface area contributed by atoms with Crippen LogP contribution in [0.3, 0.4) is 0 Å². The number of esters is 1. The number of benzene rings is 3. The molecule has 4 aromatic rings. The van der Waals surface area contributed by atoms with Crippen molar-refractivity contribution in [2.75, 3.05) is 17.2 Å². The fraction of sp³-hybridized carbons (Fsp3) is 0.182. The first-order valence-electron chi connectivity index (χ1n) is 14.1. The molecule has 1 unspecified atom stereocenters. The zero-order valence-electron chi connectivity index (χ0n) is 24.5. The summed E-state index contributed by atoms with van der Waals surface area (Å²) in [7, 11) is 0. The number of hydrogen-bond acceptors (Lipinski definition) is 8. The Morgan fingerprint density at radius 3 is 2.44 bits per heavy atom. The maximum atomic E-state index is 13.5. The lowest BCUT2D eigenvalue weighted by Gasteiger charge is -2.15. The van der Waals surface area contributed by atoms with E-state index < -0.39 is 22.9 Å². The molecule has 12 heteroatoms. The van der Waals surface area contributed by atoms with Gasteiger partial charge in [-0.2, -0.15) is 0 Å². The third-order valence-electron chi connectivity index (χ3n) is 6.16. The third-order valence-corrected chi connectivity index (χ3v) is 8.32. The molecule has 0 radical (unpaired) electrons. The van der Waals surface area contributed by atoms with Crippen LogP contribution >= 0.6 is 23.1 Å². The molecule has 45 heavy (non-hydrogen) atoms. The first kappa shape index (κ1) is 33.1. The van der Waals surface area contributed by atoms with Gasteiger partial charge in [-0.25, -0.2) is 9.37 Å². The summed E-state index contributed by atoms with van der Waals surface area (Å²) in [5, 5.41) is 9.90. The maximum absolute atomic E-state index is 13.5. The van der Waals surface area contributed by atoms with E-state index in [9.17, 15) is 23.6 Å². The molecule has 3 aromatic carbocycles. The highest BCUT2D eigenvalue weighted by atomic mass is 32.2. The topological polar surface area (TPSA) is 126 Å². The fourth-order valence-corrected chi connectivity index (χ4v) is 5.72. The summed E-state index contributed by atoms with van der Waals surface area (Å²) in [5.41, 5.74) is 1.81. The van der Waals surface area contributed by atoms with Gasteiger partial charge in [0, 0.05) is 21.5 Å². The van der Waals surface area contributed by atoms with E-state index in [1.807, 2.05) is 13.0 Å². The number of hydrogen-bond donors (Lipinski definition) is 3. The van der Waals surface area contributed by atoms with Crippen LogP contribution in [0.15, 0.2) is 94.8 Å². The Balaban J connectivity index is 1.44. The minimum atomic E-state index is -0.585. The number of nitrogens with one attached hydrogen (secondary N) is 3. The minimum Gasteiger partial charge on any atom is -0.466 e. The van der Waals surface area contributed by atoms with Gasteiger partial charge in [-0.3, -0.25) is 19.2 Å². The number of halogens is 1. The van der Waals surface area contributed by atoms with E-state index in [1.54, 1.807) is 60.8 Å². The summed E-state index contributed by atoms with van der Waals surface area (Å²) in [6.45, 7) is 3.90. The number of thioether (sulfide) groups is 1. The van der Waals surface area contributed by atoms with Gasteiger partial charge in [-0.1, -0.05) is 43.3 Å². The average molecular weight is 647 g/mol. The highest BCUT2D eigenvalue weighted by molar-refractivity contribution is 8.00. The van der Waals surface area contributed by atoms with Gasteiger partial charge in [0.15, 0.2) is 5.13 Å². The van der Waals surface area contributed by atoms with Crippen molar-refractivity contribution in [1.29, 1.82) is 0 Å². The zero-order chi connectivity index (χ0) is 32.2. The normalized spacial score (nSPS) is 11.8. The molecule has 0 fully saturated rings. The van der Waals surface area contributed by atoms with E-state index in [0.717, 1.165) is 4.90 Å². The number of anilines is 2. The number of ether oxygens (including phenoxy) is 1. The van der Waals surface area contributed by atoms with Gasteiger partial charge in [0.05, 0.1) is 24.0 Å². The number of carbonyl (C=O) groups is 4. The van der Waals surface area contributed by atoms with Gasteiger partial charge in [-0.05, 0) is 67.4 Å². The highest BCUT2D eigenvalue weighted by Gasteiger charge is 2.21. The van der Waals surface area contributed by atoms with Gasteiger partial charge in [0.25, 0.3) is 11.8 Å². The van der Waals surface area contributed by atoms with Gasteiger partial charge in [0.1, 0.15) is 11.5 Å². The van der Waals surface area contributed by atoms with Crippen LogP contribution in [0.4, 0.5) is 15.2 Å². The summed E-state index contributed by atoms with van der Waals surface area (Å²) in [6, 6.07) is 21.0. The molecular formula is C33H31FN4O5S2. The van der Waals surface area contributed by atoms with Crippen molar-refractivity contribution < 1.29 is 28.3 Å². The lowest BCUT2D eigenvalue weighted by atomic mass is 10.1. The average Bonchev–Trinajstić information content (AvgIpc) is 3.47. The lowest BCUT2D eigenvalue weighted by Crippen LogP contribution is -2.30. The molecule has 1 heterocycles. The second-order valence-corrected chi connectivity index (χ2v) is 11.7. The lowest BCUT2D eigenvalue weighted by molar-refractivity contribution is -0.142. The van der Waals surface area contributed by atoms with Crippen LogP contribution < -0.4 is 16.0 Å². The van der Waals surface area contributed by atoms with E-state index in [2.05, 4.69) is 20.9 Å². The van der Waals surface area contributed by atoms with Crippen LogP contribution in [-0.2, 0) is 25.5 Å². The number of thiazole rings is 1. The maximum Gasteiger partial charge on any atom is 0.311 e. The predicted octanol–water partition coefficient (Wildman–Crippen LogP) is 6.31. The van der Waals surface area contributed by atoms with Gasteiger partial charge >= 0.3 is 5.97 Å². The van der Waals surface area contributed by atoms with Crippen LogP contribution in [0.2, 0.25) is 0 Å². The number of rotatable bonds is 13. The summed E-state index contributed by atoms with van der Waals surface area (Å²) < 4.78 is 18.4. The van der Waals surface area contributed by atoms with Gasteiger partial charge in [-0.15, -0.1) is 23.1 Å². The Bertz CT molecular complexity index is 1680. The first-order chi connectivity index (χ1) is 21.7. The molecule has 0 spiro atoms. The molecule has 9 nitrogen and oxygen atoms in total. The Morgan fingerprint density at radius 1 is 0.978 bits per heavy atom. The second-order valence-electron chi connectivity index (χ2n) is 9.54. The third kappa shape index (κ3) is 10.1. The summed E-state index contributed by atoms with van der Waals surface area (Å²) in [5.74, 6) is -2.12. The SMILES string of the molecule is CCOC(=O)Cc1csc(NC(=O)C(CC)Sc2cccc(NC(=O)/C(=C/c3ccc(F)cc3)NC(=O)c3ccccc3)c2)n1. The Labute approximate surface area is 268 Å². The molecule has 1 aromatic heterocycles. The van der Waals surface area contributed by atoms with Crippen molar-refractivity contribution in [2.24, 2.45) is 0 Å². The molecule has 0 aliphatic rings. The number of carbonyl (C=O) groups excluding carboxylic acids is 4. The van der Waals surface area contributed by atoms with Gasteiger partial charge < -0.3 is 20.7 Å². The molecule has 4 rings (SSSR count). The smallest absolute Gasteiger partial charge is 0.311 e. The molecule has 0 bridgehead atoms. The monoisotopic (exact) mass is 646 g/mol. The molecule has 0 saturated heterocycles. The van der Waals surface area contributed by atoms with Crippen molar-refractivity contribution in [3.05, 3.63) is 113 Å². The van der Waals surface area contributed by atoms with Crippen molar-refractivity contribution >= 4 is 63.7 Å². The van der Waals surface area contributed by atoms with E-state index in [0.29, 0.717) is 34.1 Å². The van der Waals surface area contributed by atoms with Crippen LogP contribution in [0, 0.1) is 5.82 Å². The summed E-state index contributed by atoms with van der Waals surface area (Å²) in [6.07, 6.45) is 2.01. The predicted molar refractivity (Wildman–Crippen MR) is 174 cm³/mol. The van der Waals surface area contributed by atoms with E-state index in [1.165, 1.54) is 53.4 Å². The molecular weight excluding hydrogens is 616 g/mol. The van der Waals surface area contributed by atoms with E-state index in [4.69, 9.17) is 4.74 Å². The molecule has 0 saturated carbocycles. The Kier molecular flexibility index (Phi) is 12.0. The van der Waals surface area contributed by atoms with Gasteiger partial charge in [0.2, 0.25) is 5.91 Å². The van der Waals surface area contributed by atoms with E-state index in [-0.39, 0.29) is 30.6 Å². The van der Waals surface area contributed by atoms with Crippen LogP contribution in [0.25, 0.3) is 6.08 Å². The fourth-order valence-electron chi connectivity index (χ4n) is 3.99. The molecule has 3 N–H and O–H groups in total. The summed E-state index contributed by atoms with van der Waals surface area (Å²) in [4.78, 5) is 56.1. The largest absolute Gasteiger partial charge is 0.466 e.